The third-order valence-corrected chi connectivity index (χ3v) is 1.51. The summed E-state index contributed by atoms with van der Waals surface area (Å²) >= 11 is 0. The van der Waals surface area contributed by atoms with Gasteiger partial charge in [-0.15, -0.1) is 0 Å². The van der Waals surface area contributed by atoms with Gasteiger partial charge >= 0.3 is 0 Å². The first-order valence-corrected chi connectivity index (χ1v) is 4.59. The lowest BCUT2D eigenvalue weighted by Gasteiger charge is -2.13. The normalized spacial score (nSPS) is 10.5. The van der Waals surface area contributed by atoms with Gasteiger partial charge in [-0.3, -0.25) is 4.90 Å². The first-order valence-electron chi connectivity index (χ1n) is 4.59. The molecule has 0 aromatic rings. The molecule has 0 atom stereocenters. The summed E-state index contributed by atoms with van der Waals surface area (Å²) in [5.41, 5.74) is 0.0616. The SMILES string of the molecule is CCN(CC#N)CC#CC(C)(C)C. The fourth-order valence-electron chi connectivity index (χ4n) is 0.796. The molecule has 0 aliphatic carbocycles. The Bertz CT molecular complexity index is 232. The Morgan fingerprint density at radius 1 is 1.23 bits per heavy atom. The standard InChI is InChI=1S/C11H18N2/c1-5-13(10-8-12)9-6-7-11(2,3)4/h5,9-10H2,1-4H3. The van der Waals surface area contributed by atoms with Crippen LogP contribution in [0.3, 0.4) is 0 Å². The third-order valence-electron chi connectivity index (χ3n) is 1.51. The predicted molar refractivity (Wildman–Crippen MR) is 55.0 cm³/mol. The van der Waals surface area contributed by atoms with Crippen LogP contribution in [0.15, 0.2) is 0 Å². The van der Waals surface area contributed by atoms with E-state index in [-0.39, 0.29) is 5.41 Å². The van der Waals surface area contributed by atoms with Gasteiger partial charge in [0.05, 0.1) is 19.2 Å². The van der Waals surface area contributed by atoms with Crippen molar-refractivity contribution in [2.24, 2.45) is 5.41 Å². The van der Waals surface area contributed by atoms with E-state index < -0.39 is 0 Å². The molecular formula is C11H18N2. The summed E-state index contributed by atoms with van der Waals surface area (Å²) in [5.74, 6) is 6.23. The molecule has 2 nitrogen and oxygen atoms in total. The van der Waals surface area contributed by atoms with E-state index in [9.17, 15) is 0 Å². The minimum atomic E-state index is 0.0616. The molecule has 0 aliphatic rings. The summed E-state index contributed by atoms with van der Waals surface area (Å²) in [5, 5.41) is 8.49. The summed E-state index contributed by atoms with van der Waals surface area (Å²) in [4.78, 5) is 2.01. The molecule has 0 heterocycles. The average molecular weight is 178 g/mol. The second kappa shape index (κ2) is 5.62. The van der Waals surface area contributed by atoms with Crippen molar-refractivity contribution in [3.8, 4) is 17.9 Å². The Morgan fingerprint density at radius 2 is 1.85 bits per heavy atom. The Hall–Kier alpha value is -0.990. The lowest BCUT2D eigenvalue weighted by molar-refractivity contribution is 0.363. The second-order valence-electron chi connectivity index (χ2n) is 4.01. The average Bonchev–Trinajstić information content (AvgIpc) is 2.01. The number of rotatable bonds is 3. The molecule has 0 unspecified atom stereocenters. The molecule has 0 saturated heterocycles. The largest absolute Gasteiger partial charge is 0.280 e. The van der Waals surface area contributed by atoms with Gasteiger partial charge in [-0.1, -0.05) is 18.8 Å². The molecular weight excluding hydrogens is 160 g/mol. The number of hydrogen-bond donors (Lipinski definition) is 0. The lowest BCUT2D eigenvalue weighted by atomic mass is 9.98. The highest BCUT2D eigenvalue weighted by molar-refractivity contribution is 5.08. The lowest BCUT2D eigenvalue weighted by Crippen LogP contribution is -2.24. The van der Waals surface area contributed by atoms with Crippen molar-refractivity contribution in [1.82, 2.24) is 4.90 Å². The number of nitrogens with zero attached hydrogens (tertiary/aromatic N) is 2. The van der Waals surface area contributed by atoms with Gasteiger partial charge in [0.2, 0.25) is 0 Å². The molecule has 0 saturated carbocycles. The molecule has 0 bridgehead atoms. The molecule has 0 N–H and O–H groups in total. The highest BCUT2D eigenvalue weighted by Gasteiger charge is 2.03. The molecule has 0 fully saturated rings. The van der Waals surface area contributed by atoms with Crippen LogP contribution in [0, 0.1) is 28.6 Å². The Labute approximate surface area is 81.5 Å². The zero-order valence-corrected chi connectivity index (χ0v) is 9.02. The van der Waals surface area contributed by atoms with Gasteiger partial charge in [0.1, 0.15) is 0 Å². The van der Waals surface area contributed by atoms with E-state index in [0.29, 0.717) is 13.1 Å². The molecule has 13 heavy (non-hydrogen) atoms. The maximum atomic E-state index is 8.49. The summed E-state index contributed by atoms with van der Waals surface area (Å²) in [7, 11) is 0. The van der Waals surface area contributed by atoms with Gasteiger partial charge in [-0.05, 0) is 27.3 Å². The monoisotopic (exact) mass is 178 g/mol. The quantitative estimate of drug-likeness (QED) is 0.487. The molecule has 72 valence electrons. The predicted octanol–water partition coefficient (Wildman–Crippen LogP) is 1.88. The van der Waals surface area contributed by atoms with E-state index in [2.05, 4.69) is 38.7 Å². The molecule has 2 heteroatoms. The van der Waals surface area contributed by atoms with E-state index in [1.165, 1.54) is 0 Å². The van der Waals surface area contributed by atoms with E-state index >= 15 is 0 Å². The van der Waals surface area contributed by atoms with Crippen molar-refractivity contribution >= 4 is 0 Å². The summed E-state index contributed by atoms with van der Waals surface area (Å²) in [6.07, 6.45) is 0. The van der Waals surface area contributed by atoms with Gasteiger partial charge in [-0.2, -0.15) is 5.26 Å². The van der Waals surface area contributed by atoms with Crippen molar-refractivity contribution < 1.29 is 0 Å². The molecule has 0 radical (unpaired) electrons. The maximum absolute atomic E-state index is 8.49. The first kappa shape index (κ1) is 12.0. The highest BCUT2D eigenvalue weighted by Crippen LogP contribution is 2.09. The van der Waals surface area contributed by atoms with Crippen LogP contribution in [0.25, 0.3) is 0 Å². The van der Waals surface area contributed by atoms with Crippen molar-refractivity contribution in [2.45, 2.75) is 27.7 Å². The second-order valence-corrected chi connectivity index (χ2v) is 4.01. The van der Waals surface area contributed by atoms with Crippen LogP contribution in [0.1, 0.15) is 27.7 Å². The Morgan fingerprint density at radius 3 is 2.23 bits per heavy atom. The van der Waals surface area contributed by atoms with E-state index in [0.717, 1.165) is 6.54 Å². The Balaban J connectivity index is 3.97. The van der Waals surface area contributed by atoms with Gasteiger partial charge in [0.15, 0.2) is 0 Å². The van der Waals surface area contributed by atoms with Crippen LogP contribution in [-0.4, -0.2) is 24.5 Å². The van der Waals surface area contributed by atoms with E-state index in [4.69, 9.17) is 5.26 Å². The fraction of sp³-hybridized carbons (Fsp3) is 0.727. The zero-order chi connectivity index (χ0) is 10.3. The van der Waals surface area contributed by atoms with Crippen LogP contribution in [0.4, 0.5) is 0 Å². The molecule has 0 aliphatic heterocycles. The van der Waals surface area contributed by atoms with Crippen LogP contribution in [-0.2, 0) is 0 Å². The Kier molecular flexibility index (Phi) is 5.19. The van der Waals surface area contributed by atoms with Gasteiger partial charge in [0, 0.05) is 5.41 Å². The fourth-order valence-corrected chi connectivity index (χ4v) is 0.796. The molecule has 0 amide bonds. The van der Waals surface area contributed by atoms with E-state index in [1.807, 2.05) is 11.8 Å². The smallest absolute Gasteiger partial charge is 0.0873 e. The number of hydrogen-bond acceptors (Lipinski definition) is 2. The molecule has 0 rings (SSSR count). The van der Waals surface area contributed by atoms with Crippen LogP contribution < -0.4 is 0 Å². The van der Waals surface area contributed by atoms with Crippen LogP contribution >= 0.6 is 0 Å². The summed E-state index contributed by atoms with van der Waals surface area (Å²) in [6.45, 7) is 10.3. The third kappa shape index (κ3) is 7.37. The zero-order valence-electron chi connectivity index (χ0n) is 9.02. The van der Waals surface area contributed by atoms with Crippen LogP contribution in [0.5, 0.6) is 0 Å². The van der Waals surface area contributed by atoms with Crippen molar-refractivity contribution in [3.05, 3.63) is 0 Å². The minimum Gasteiger partial charge on any atom is -0.280 e. The van der Waals surface area contributed by atoms with E-state index in [1.54, 1.807) is 0 Å². The molecule has 0 aromatic carbocycles. The van der Waals surface area contributed by atoms with Crippen molar-refractivity contribution in [1.29, 1.82) is 5.26 Å². The maximum Gasteiger partial charge on any atom is 0.0873 e. The van der Waals surface area contributed by atoms with Gasteiger partial charge in [-0.25, -0.2) is 0 Å². The molecule has 0 spiro atoms. The van der Waals surface area contributed by atoms with Gasteiger partial charge < -0.3 is 0 Å². The molecule has 0 aromatic heterocycles. The summed E-state index contributed by atoms with van der Waals surface area (Å²) < 4.78 is 0. The van der Waals surface area contributed by atoms with Crippen LogP contribution in [0.2, 0.25) is 0 Å². The first-order chi connectivity index (χ1) is 5.99. The van der Waals surface area contributed by atoms with Crippen molar-refractivity contribution in [3.63, 3.8) is 0 Å². The van der Waals surface area contributed by atoms with Crippen molar-refractivity contribution in [2.75, 3.05) is 19.6 Å². The highest BCUT2D eigenvalue weighted by atomic mass is 15.1. The minimum absolute atomic E-state index is 0.0616. The number of nitriles is 1. The topological polar surface area (TPSA) is 27.0 Å². The van der Waals surface area contributed by atoms with Gasteiger partial charge in [0.25, 0.3) is 0 Å². The summed E-state index contributed by atoms with van der Waals surface area (Å²) in [6, 6.07) is 2.12.